The third-order valence-corrected chi connectivity index (χ3v) is 7.18. The first-order chi connectivity index (χ1) is 10.0. The zero-order valence-corrected chi connectivity index (χ0v) is 16.4. The van der Waals surface area contributed by atoms with E-state index in [0.29, 0.717) is 0 Å². The molecule has 0 aromatic carbocycles. The first-order valence-electron chi connectivity index (χ1n) is 8.66. The zero-order chi connectivity index (χ0) is 16.1. The van der Waals surface area contributed by atoms with Crippen LogP contribution in [0, 0.1) is 0 Å². The molecule has 0 amide bonds. The summed E-state index contributed by atoms with van der Waals surface area (Å²) in [6, 6.07) is 0. The third-order valence-electron chi connectivity index (χ3n) is 6.10. The summed E-state index contributed by atoms with van der Waals surface area (Å²) in [6.07, 6.45) is 7.11. The zero-order valence-electron chi connectivity index (χ0n) is 14.7. The minimum atomic E-state index is 0.268. The van der Waals surface area contributed by atoms with Gasteiger partial charge in [0.25, 0.3) is 0 Å². The van der Waals surface area contributed by atoms with Crippen LogP contribution in [0.3, 0.4) is 0 Å². The van der Waals surface area contributed by atoms with Crippen molar-refractivity contribution in [3.8, 4) is 0 Å². The summed E-state index contributed by atoms with van der Waals surface area (Å²) in [5.74, 6) is 0. The number of rotatable bonds is 8. The molecule has 0 bridgehead atoms. The summed E-state index contributed by atoms with van der Waals surface area (Å²) >= 11 is 1.53. The van der Waals surface area contributed by atoms with Crippen molar-refractivity contribution >= 4 is 14.8 Å². The summed E-state index contributed by atoms with van der Waals surface area (Å²) in [7, 11) is 6.34. The quantitative estimate of drug-likeness (QED) is 0.567. The minimum absolute atomic E-state index is 0.268. The molecular weight excluding hydrogens is 331 g/mol. The number of halogens is 1. The fraction of sp³-hybridized carbons (Fsp3) is 0.941. The maximum atomic E-state index is 6.34. The van der Waals surface area contributed by atoms with Crippen molar-refractivity contribution in [2.45, 2.75) is 91.1 Å². The van der Waals surface area contributed by atoms with Crippen molar-refractivity contribution in [2.75, 3.05) is 13.1 Å². The summed E-state index contributed by atoms with van der Waals surface area (Å²) < 4.78 is 1.29. The summed E-state index contributed by atoms with van der Waals surface area (Å²) in [5.41, 5.74) is 0.536. The van der Waals surface area contributed by atoms with Gasteiger partial charge >= 0.3 is 142 Å². The van der Waals surface area contributed by atoms with Gasteiger partial charge in [-0.1, -0.05) is 0 Å². The molecule has 0 atom stereocenters. The van der Waals surface area contributed by atoms with Crippen LogP contribution in [0.25, 0.3) is 0 Å². The van der Waals surface area contributed by atoms with Crippen molar-refractivity contribution in [1.29, 1.82) is 0 Å². The Morgan fingerprint density at radius 3 is 1.24 bits per heavy atom. The van der Waals surface area contributed by atoms with Gasteiger partial charge in [-0.15, -0.1) is 0 Å². The van der Waals surface area contributed by atoms with Gasteiger partial charge in [-0.2, -0.15) is 0 Å². The van der Waals surface area contributed by atoms with E-state index in [0.717, 1.165) is 13.1 Å². The Hall–Kier alpha value is 0.599. The second-order valence-electron chi connectivity index (χ2n) is 6.17. The van der Waals surface area contributed by atoms with E-state index in [9.17, 15) is 0 Å². The molecule has 0 radical (unpaired) electrons. The van der Waals surface area contributed by atoms with Gasteiger partial charge in [0, 0.05) is 0 Å². The molecule has 21 heavy (non-hydrogen) atoms. The van der Waals surface area contributed by atoms with Crippen LogP contribution in [0.4, 0.5) is 0 Å². The Balaban J connectivity index is 3.17. The molecule has 1 rings (SSSR count). The van der Waals surface area contributed by atoms with E-state index in [1.807, 2.05) is 0 Å². The predicted molar refractivity (Wildman–Crippen MR) is 91.5 cm³/mol. The SMILES string of the molecule is CCC(CC)(CC)N1CCN(C(CC)(CC)CC)[C]1=[Cu-2][Cl]. The van der Waals surface area contributed by atoms with Crippen molar-refractivity contribution in [1.82, 2.24) is 9.80 Å². The van der Waals surface area contributed by atoms with Gasteiger partial charge in [0.2, 0.25) is 0 Å². The van der Waals surface area contributed by atoms with E-state index >= 15 is 0 Å². The van der Waals surface area contributed by atoms with Gasteiger partial charge in [-0.05, 0) is 0 Å². The molecule has 0 saturated carbocycles. The molecule has 0 N–H and O–H groups in total. The molecule has 1 aliphatic rings. The molecule has 132 valence electrons. The van der Waals surface area contributed by atoms with Crippen LogP contribution in [-0.4, -0.2) is 38.6 Å². The molecule has 0 aromatic rings. The molecule has 0 spiro atoms. The van der Waals surface area contributed by atoms with Crippen LogP contribution < -0.4 is 0 Å². The van der Waals surface area contributed by atoms with Gasteiger partial charge in [0.1, 0.15) is 0 Å². The first-order valence-corrected chi connectivity index (χ1v) is 10.4. The van der Waals surface area contributed by atoms with Crippen molar-refractivity contribution < 1.29 is 13.6 Å². The van der Waals surface area contributed by atoms with E-state index in [-0.39, 0.29) is 11.1 Å². The van der Waals surface area contributed by atoms with Crippen molar-refractivity contribution in [3.63, 3.8) is 0 Å². The molecule has 4 heteroatoms. The van der Waals surface area contributed by atoms with Crippen LogP contribution in [0.15, 0.2) is 0 Å². The Kier molecular flexibility index (Phi) is 7.91. The van der Waals surface area contributed by atoms with Gasteiger partial charge in [0.05, 0.1) is 0 Å². The predicted octanol–water partition coefficient (Wildman–Crippen LogP) is 4.87. The summed E-state index contributed by atoms with van der Waals surface area (Å²) in [6.45, 7) is 16.1. The molecule has 0 aromatic heterocycles. The number of nitrogens with zero attached hydrogens (tertiary/aromatic N) is 2. The standard InChI is InChI=1S/C17H34N2.ClH.Cu/c1-7-16(8-2,9-3)18-13-14-19(15-18)17(10-4,11-5)12-6;;/h7-14H2,1-6H3;1H;/q;;-1/p-1. The number of hydrogen-bond donors (Lipinski definition) is 0. The second-order valence-corrected chi connectivity index (χ2v) is 7.23. The summed E-state index contributed by atoms with van der Waals surface area (Å²) in [4.78, 5) is 5.21. The average molecular weight is 365 g/mol. The fourth-order valence-electron chi connectivity index (χ4n) is 4.05. The van der Waals surface area contributed by atoms with E-state index in [4.69, 9.17) is 10.1 Å². The Bertz CT molecular complexity index is 302. The van der Waals surface area contributed by atoms with Gasteiger partial charge in [0.15, 0.2) is 0 Å². The van der Waals surface area contributed by atoms with Gasteiger partial charge < -0.3 is 0 Å². The average Bonchev–Trinajstić information content (AvgIpc) is 2.97. The molecule has 0 aliphatic carbocycles. The van der Waals surface area contributed by atoms with Crippen LogP contribution in [0.5, 0.6) is 0 Å². The molecular formula is C17H34ClCuN2-2. The van der Waals surface area contributed by atoms with E-state index in [1.165, 1.54) is 56.8 Å². The first kappa shape index (κ1) is 19.6. The van der Waals surface area contributed by atoms with Gasteiger partial charge in [-0.3, -0.25) is 0 Å². The maximum absolute atomic E-state index is 6.34. The van der Waals surface area contributed by atoms with Crippen molar-refractivity contribution in [2.24, 2.45) is 0 Å². The van der Waals surface area contributed by atoms with Crippen LogP contribution in [0.2, 0.25) is 0 Å². The van der Waals surface area contributed by atoms with Crippen LogP contribution in [0.1, 0.15) is 80.1 Å². The Morgan fingerprint density at radius 2 is 1.05 bits per heavy atom. The molecule has 1 fully saturated rings. The topological polar surface area (TPSA) is 6.48 Å². The Labute approximate surface area is 142 Å². The molecule has 1 aliphatic heterocycles. The van der Waals surface area contributed by atoms with Gasteiger partial charge in [-0.25, -0.2) is 0 Å². The van der Waals surface area contributed by atoms with Crippen LogP contribution >= 0.6 is 10.1 Å². The van der Waals surface area contributed by atoms with Crippen molar-refractivity contribution in [3.05, 3.63) is 0 Å². The fourth-order valence-corrected chi connectivity index (χ4v) is 5.41. The van der Waals surface area contributed by atoms with E-state index in [2.05, 4.69) is 51.3 Å². The molecule has 2 nitrogen and oxygen atoms in total. The Morgan fingerprint density at radius 1 is 0.762 bits per heavy atom. The van der Waals surface area contributed by atoms with E-state index < -0.39 is 0 Å². The monoisotopic (exact) mass is 364 g/mol. The normalized spacial score (nSPS) is 18.9. The van der Waals surface area contributed by atoms with E-state index in [1.54, 1.807) is 0 Å². The molecule has 1 saturated heterocycles. The summed E-state index contributed by atoms with van der Waals surface area (Å²) in [5, 5.41) is 0. The second kappa shape index (κ2) is 8.45. The third kappa shape index (κ3) is 3.43. The molecule has 1 heterocycles. The molecule has 0 unspecified atom stereocenters. The van der Waals surface area contributed by atoms with Crippen LogP contribution in [-0.2, 0) is 13.6 Å². The number of hydrogen-bond acceptors (Lipinski definition) is 2.